The van der Waals surface area contributed by atoms with Gasteiger partial charge in [-0.25, -0.2) is 0 Å². The Kier molecular flexibility index (Phi) is 4.07. The van der Waals surface area contributed by atoms with Gasteiger partial charge >= 0.3 is 0 Å². The minimum Gasteiger partial charge on any atom is -0.508 e. The number of rotatable bonds is 4. The standard InChI is InChI=1S/C16H18O3/c1-11-6-7-15(12(2)17)16(8-11)19-10-13-4-3-5-14(18)9-13/h3-9,12,17-18H,10H2,1-2H3. The molecule has 2 aromatic rings. The van der Waals surface area contributed by atoms with E-state index in [9.17, 15) is 10.2 Å². The fraction of sp³-hybridized carbons (Fsp3) is 0.250. The van der Waals surface area contributed by atoms with Crippen molar-refractivity contribution in [3.63, 3.8) is 0 Å². The van der Waals surface area contributed by atoms with Crippen molar-refractivity contribution in [1.82, 2.24) is 0 Å². The van der Waals surface area contributed by atoms with Crippen LogP contribution in [0.3, 0.4) is 0 Å². The summed E-state index contributed by atoms with van der Waals surface area (Å²) < 4.78 is 5.75. The summed E-state index contributed by atoms with van der Waals surface area (Å²) in [4.78, 5) is 0. The van der Waals surface area contributed by atoms with Crippen molar-refractivity contribution in [3.8, 4) is 11.5 Å². The van der Waals surface area contributed by atoms with Crippen molar-refractivity contribution in [2.75, 3.05) is 0 Å². The van der Waals surface area contributed by atoms with Crippen molar-refractivity contribution in [3.05, 3.63) is 59.2 Å². The van der Waals surface area contributed by atoms with Crippen LogP contribution in [0.4, 0.5) is 0 Å². The lowest BCUT2D eigenvalue weighted by atomic mass is 10.1. The zero-order chi connectivity index (χ0) is 13.8. The number of aliphatic hydroxyl groups excluding tert-OH is 1. The average Bonchev–Trinajstić information content (AvgIpc) is 2.36. The average molecular weight is 258 g/mol. The molecular weight excluding hydrogens is 240 g/mol. The predicted molar refractivity (Wildman–Crippen MR) is 74.3 cm³/mol. The van der Waals surface area contributed by atoms with Crippen LogP contribution >= 0.6 is 0 Å². The SMILES string of the molecule is Cc1ccc(C(C)O)c(OCc2cccc(O)c2)c1. The lowest BCUT2D eigenvalue weighted by molar-refractivity contribution is 0.190. The molecule has 3 nitrogen and oxygen atoms in total. The Balaban J connectivity index is 2.17. The molecule has 0 aliphatic carbocycles. The number of hydrogen-bond acceptors (Lipinski definition) is 3. The summed E-state index contributed by atoms with van der Waals surface area (Å²) in [6, 6.07) is 12.7. The first-order valence-corrected chi connectivity index (χ1v) is 6.25. The van der Waals surface area contributed by atoms with Crippen molar-refractivity contribution in [2.45, 2.75) is 26.6 Å². The van der Waals surface area contributed by atoms with Crippen LogP contribution in [0.15, 0.2) is 42.5 Å². The van der Waals surface area contributed by atoms with Crippen LogP contribution < -0.4 is 4.74 Å². The molecule has 0 aliphatic heterocycles. The highest BCUT2D eigenvalue weighted by Crippen LogP contribution is 2.27. The molecule has 1 atom stereocenters. The topological polar surface area (TPSA) is 49.7 Å². The number of phenolic OH excluding ortho intramolecular Hbond substituents is 1. The summed E-state index contributed by atoms with van der Waals surface area (Å²) in [6.45, 7) is 4.05. The van der Waals surface area contributed by atoms with E-state index in [4.69, 9.17) is 4.74 Å². The zero-order valence-electron chi connectivity index (χ0n) is 11.1. The van der Waals surface area contributed by atoms with Gasteiger partial charge in [0.15, 0.2) is 0 Å². The predicted octanol–water partition coefficient (Wildman–Crippen LogP) is 3.33. The fourth-order valence-electron chi connectivity index (χ4n) is 1.92. The number of ether oxygens (including phenoxy) is 1. The van der Waals surface area contributed by atoms with E-state index >= 15 is 0 Å². The van der Waals surface area contributed by atoms with Crippen LogP contribution in [0.2, 0.25) is 0 Å². The second kappa shape index (κ2) is 5.76. The molecule has 1 unspecified atom stereocenters. The number of aliphatic hydroxyl groups is 1. The van der Waals surface area contributed by atoms with Gasteiger partial charge in [0.1, 0.15) is 18.1 Å². The summed E-state index contributed by atoms with van der Waals surface area (Å²) in [6.07, 6.45) is -0.570. The molecule has 0 aliphatic rings. The Morgan fingerprint density at radius 2 is 1.95 bits per heavy atom. The second-order valence-corrected chi connectivity index (χ2v) is 4.68. The smallest absolute Gasteiger partial charge is 0.125 e. The maximum Gasteiger partial charge on any atom is 0.125 e. The van der Waals surface area contributed by atoms with Crippen LogP contribution in [0.25, 0.3) is 0 Å². The number of aryl methyl sites for hydroxylation is 1. The third-order valence-electron chi connectivity index (χ3n) is 2.92. The minimum absolute atomic E-state index is 0.223. The van der Waals surface area contributed by atoms with Crippen molar-refractivity contribution < 1.29 is 14.9 Å². The van der Waals surface area contributed by atoms with Gasteiger partial charge in [-0.2, -0.15) is 0 Å². The van der Waals surface area contributed by atoms with Gasteiger partial charge in [-0.3, -0.25) is 0 Å². The molecule has 19 heavy (non-hydrogen) atoms. The zero-order valence-corrected chi connectivity index (χ0v) is 11.1. The van der Waals surface area contributed by atoms with E-state index in [0.717, 1.165) is 16.7 Å². The molecule has 0 bridgehead atoms. The Hall–Kier alpha value is -2.00. The summed E-state index contributed by atoms with van der Waals surface area (Å²) in [7, 11) is 0. The first-order valence-electron chi connectivity index (χ1n) is 6.25. The maximum atomic E-state index is 9.72. The van der Waals surface area contributed by atoms with Crippen LogP contribution in [0.5, 0.6) is 11.5 Å². The van der Waals surface area contributed by atoms with E-state index in [1.165, 1.54) is 0 Å². The summed E-state index contributed by atoms with van der Waals surface area (Å²) in [5.74, 6) is 0.902. The van der Waals surface area contributed by atoms with Crippen molar-refractivity contribution >= 4 is 0 Å². The molecule has 2 aromatic carbocycles. The van der Waals surface area contributed by atoms with Crippen molar-refractivity contribution in [1.29, 1.82) is 0 Å². The van der Waals surface area contributed by atoms with Gasteiger partial charge in [-0.05, 0) is 43.2 Å². The normalized spacial score (nSPS) is 12.2. The van der Waals surface area contributed by atoms with Gasteiger partial charge in [0.25, 0.3) is 0 Å². The number of benzene rings is 2. The Morgan fingerprint density at radius 3 is 2.63 bits per heavy atom. The van der Waals surface area contributed by atoms with E-state index in [1.54, 1.807) is 25.1 Å². The van der Waals surface area contributed by atoms with Gasteiger partial charge in [-0.1, -0.05) is 24.3 Å². The molecular formula is C16H18O3. The number of aromatic hydroxyl groups is 1. The third kappa shape index (κ3) is 3.48. The monoisotopic (exact) mass is 258 g/mol. The van der Waals surface area contributed by atoms with Crippen LogP contribution in [-0.4, -0.2) is 10.2 Å². The summed E-state index contributed by atoms with van der Waals surface area (Å²) in [5, 5.41) is 19.1. The summed E-state index contributed by atoms with van der Waals surface area (Å²) in [5.41, 5.74) is 2.74. The third-order valence-corrected chi connectivity index (χ3v) is 2.92. The fourth-order valence-corrected chi connectivity index (χ4v) is 1.92. The molecule has 2 rings (SSSR count). The van der Waals surface area contributed by atoms with Crippen molar-refractivity contribution in [2.24, 2.45) is 0 Å². The lowest BCUT2D eigenvalue weighted by Crippen LogP contribution is -2.01. The van der Waals surface area contributed by atoms with E-state index < -0.39 is 6.10 Å². The molecule has 100 valence electrons. The molecule has 0 saturated heterocycles. The van der Waals surface area contributed by atoms with Gasteiger partial charge in [0.2, 0.25) is 0 Å². The van der Waals surface area contributed by atoms with Gasteiger partial charge in [0.05, 0.1) is 6.10 Å². The van der Waals surface area contributed by atoms with Gasteiger partial charge < -0.3 is 14.9 Å². The molecule has 0 fully saturated rings. The van der Waals surface area contributed by atoms with E-state index in [2.05, 4.69) is 0 Å². The molecule has 2 N–H and O–H groups in total. The quantitative estimate of drug-likeness (QED) is 0.884. The second-order valence-electron chi connectivity index (χ2n) is 4.68. The van der Waals surface area contributed by atoms with Crippen LogP contribution in [0, 0.1) is 6.92 Å². The molecule has 3 heteroatoms. The Morgan fingerprint density at radius 1 is 1.16 bits per heavy atom. The Bertz CT molecular complexity index is 562. The highest BCUT2D eigenvalue weighted by Gasteiger charge is 2.09. The van der Waals surface area contributed by atoms with Gasteiger partial charge in [0, 0.05) is 5.56 Å². The molecule has 0 spiro atoms. The van der Waals surface area contributed by atoms with E-state index in [-0.39, 0.29) is 5.75 Å². The highest BCUT2D eigenvalue weighted by atomic mass is 16.5. The maximum absolute atomic E-state index is 9.72. The number of hydrogen-bond donors (Lipinski definition) is 2. The van der Waals surface area contributed by atoms with E-state index in [1.807, 2.05) is 31.2 Å². The van der Waals surface area contributed by atoms with Crippen LogP contribution in [0.1, 0.15) is 29.7 Å². The molecule has 0 saturated carbocycles. The number of phenols is 1. The molecule has 0 aromatic heterocycles. The molecule has 0 radical (unpaired) electrons. The minimum atomic E-state index is -0.570. The van der Waals surface area contributed by atoms with Gasteiger partial charge in [-0.15, -0.1) is 0 Å². The van der Waals surface area contributed by atoms with Crippen LogP contribution in [-0.2, 0) is 6.61 Å². The van der Waals surface area contributed by atoms with E-state index in [0.29, 0.717) is 12.4 Å². The Labute approximate surface area is 113 Å². The summed E-state index contributed by atoms with van der Waals surface area (Å²) >= 11 is 0. The molecule has 0 heterocycles. The lowest BCUT2D eigenvalue weighted by Gasteiger charge is -2.14. The first-order chi connectivity index (χ1) is 9.06. The molecule has 0 amide bonds. The first kappa shape index (κ1) is 13.4. The largest absolute Gasteiger partial charge is 0.508 e. The highest BCUT2D eigenvalue weighted by molar-refractivity contribution is 5.38.